The third-order valence-electron chi connectivity index (χ3n) is 1.54. The van der Waals surface area contributed by atoms with Crippen LogP contribution in [0.3, 0.4) is 0 Å². The topological polar surface area (TPSA) is 73.0 Å². The van der Waals surface area contributed by atoms with Gasteiger partial charge in [-0.15, -0.1) is 0 Å². The van der Waals surface area contributed by atoms with Crippen LogP contribution >= 0.6 is 0 Å². The fraction of sp³-hybridized carbons (Fsp3) is 0.111. The summed E-state index contributed by atoms with van der Waals surface area (Å²) in [5.41, 5.74) is 0.512. The quantitative estimate of drug-likeness (QED) is 0.320. The Morgan fingerprint density at radius 1 is 1.50 bits per heavy atom. The maximum atomic E-state index is 11.4. The molecule has 1 rings (SSSR count). The van der Waals surface area contributed by atoms with Crippen LogP contribution in [0.25, 0.3) is 0 Å². The Bertz CT molecular complexity index is 354. The first kappa shape index (κ1) is 13.2. The van der Waals surface area contributed by atoms with E-state index >= 15 is 0 Å². The summed E-state index contributed by atoms with van der Waals surface area (Å²) in [6, 6.07) is 3.24. The van der Waals surface area contributed by atoms with E-state index in [-0.39, 0.29) is 40.9 Å². The second-order valence-electron chi connectivity index (χ2n) is 2.56. The van der Waals surface area contributed by atoms with Crippen molar-refractivity contribution in [3.63, 3.8) is 0 Å². The first-order valence-corrected chi connectivity index (χ1v) is 3.68. The van der Waals surface area contributed by atoms with E-state index in [4.69, 9.17) is 0 Å². The summed E-state index contributed by atoms with van der Waals surface area (Å²) in [6.07, 6.45) is 2.38. The number of rotatable bonds is 3. The first-order chi connectivity index (χ1) is 6.11. The normalized spacial score (nSPS) is 10.5. The Balaban J connectivity index is 0.00000169. The molecule has 0 aliphatic rings. The van der Waals surface area contributed by atoms with E-state index in [1.165, 1.54) is 6.92 Å². The fourth-order valence-corrected chi connectivity index (χ4v) is 0.926. The molecule has 0 atom stereocenters. The molecule has 0 amide bonds. The molecule has 0 spiro atoms. The molecule has 0 fully saturated rings. The molecule has 0 aromatic carbocycles. The second kappa shape index (κ2) is 5.80. The van der Waals surface area contributed by atoms with Crippen molar-refractivity contribution < 1.29 is 44.3 Å². The number of carbonyl (C=O) groups excluding carboxylic acids is 2. The summed E-state index contributed by atoms with van der Waals surface area (Å²) in [6.45, 7) is 1.43. The van der Waals surface area contributed by atoms with Gasteiger partial charge in [-0.05, 0) is 25.1 Å². The van der Waals surface area contributed by atoms with Crippen LogP contribution < -0.4 is 34.7 Å². The van der Waals surface area contributed by atoms with Gasteiger partial charge in [-0.1, -0.05) is 0 Å². The SMILES string of the molecule is C/C(=C/C(=O)[O-])C(=O)c1ccc[nH]1.[Na+]. The third-order valence-corrected chi connectivity index (χ3v) is 1.54. The zero-order chi connectivity index (χ0) is 9.84. The molecule has 68 valence electrons. The van der Waals surface area contributed by atoms with E-state index in [9.17, 15) is 14.7 Å². The van der Waals surface area contributed by atoms with E-state index in [1.807, 2.05) is 0 Å². The second-order valence-corrected chi connectivity index (χ2v) is 2.56. The van der Waals surface area contributed by atoms with Gasteiger partial charge in [0.05, 0.1) is 11.7 Å². The van der Waals surface area contributed by atoms with Gasteiger partial charge in [0.15, 0.2) is 0 Å². The number of carboxylic acids is 1. The number of allylic oxidation sites excluding steroid dienone is 1. The number of Topliss-reactive ketones (excluding diaryl/α,β-unsaturated/α-hetero) is 1. The molecule has 0 aliphatic heterocycles. The maximum absolute atomic E-state index is 11.4. The Hall–Kier alpha value is -0.840. The Labute approximate surface area is 103 Å². The molecule has 0 saturated carbocycles. The van der Waals surface area contributed by atoms with E-state index in [1.54, 1.807) is 18.3 Å². The number of ketones is 1. The van der Waals surface area contributed by atoms with Crippen molar-refractivity contribution in [3.05, 3.63) is 35.7 Å². The summed E-state index contributed by atoms with van der Waals surface area (Å²) in [4.78, 5) is 24.2. The average Bonchev–Trinajstić information content (AvgIpc) is 2.53. The molecule has 1 aromatic rings. The van der Waals surface area contributed by atoms with Crippen molar-refractivity contribution in [3.8, 4) is 0 Å². The number of aliphatic carboxylic acids is 1. The zero-order valence-electron chi connectivity index (χ0n) is 8.03. The van der Waals surface area contributed by atoms with Gasteiger partial charge in [-0.2, -0.15) is 0 Å². The van der Waals surface area contributed by atoms with Crippen molar-refractivity contribution in [2.45, 2.75) is 6.92 Å². The largest absolute Gasteiger partial charge is 1.00 e. The molecule has 5 heteroatoms. The van der Waals surface area contributed by atoms with Crippen molar-refractivity contribution in [1.82, 2.24) is 4.98 Å². The molecule has 0 unspecified atom stereocenters. The molecule has 1 N–H and O–H groups in total. The summed E-state index contributed by atoms with van der Waals surface area (Å²) < 4.78 is 0. The van der Waals surface area contributed by atoms with Gasteiger partial charge < -0.3 is 14.9 Å². The average molecular weight is 201 g/mol. The number of carbonyl (C=O) groups is 2. The third kappa shape index (κ3) is 3.49. The van der Waals surface area contributed by atoms with Crippen LogP contribution in [0.5, 0.6) is 0 Å². The van der Waals surface area contributed by atoms with Gasteiger partial charge >= 0.3 is 29.6 Å². The van der Waals surface area contributed by atoms with Crippen LogP contribution in [-0.2, 0) is 4.79 Å². The smallest absolute Gasteiger partial charge is 0.545 e. The van der Waals surface area contributed by atoms with Crippen LogP contribution in [0.15, 0.2) is 30.0 Å². The van der Waals surface area contributed by atoms with Gasteiger partial charge in [0.2, 0.25) is 5.78 Å². The molecule has 1 aromatic heterocycles. The number of aromatic nitrogens is 1. The molecule has 0 radical (unpaired) electrons. The number of hydrogen-bond donors (Lipinski definition) is 1. The van der Waals surface area contributed by atoms with Gasteiger partial charge in [-0.25, -0.2) is 0 Å². The summed E-state index contributed by atoms with van der Waals surface area (Å²) >= 11 is 0. The van der Waals surface area contributed by atoms with Gasteiger partial charge in [0.25, 0.3) is 0 Å². The molecule has 0 saturated heterocycles. The number of hydrogen-bond acceptors (Lipinski definition) is 3. The van der Waals surface area contributed by atoms with Crippen LogP contribution in [0, 0.1) is 0 Å². The maximum Gasteiger partial charge on any atom is 1.00 e. The molecule has 4 nitrogen and oxygen atoms in total. The molecular formula is C9H8NNaO3. The number of carboxylic acid groups (broad SMARTS) is 1. The fourth-order valence-electron chi connectivity index (χ4n) is 0.926. The number of nitrogens with one attached hydrogen (secondary N) is 1. The minimum absolute atomic E-state index is 0. The first-order valence-electron chi connectivity index (χ1n) is 3.68. The predicted octanol–water partition coefficient (Wildman–Crippen LogP) is -3.10. The number of H-pyrrole nitrogens is 1. The van der Waals surface area contributed by atoms with E-state index < -0.39 is 5.97 Å². The minimum Gasteiger partial charge on any atom is -0.545 e. The molecule has 1 heterocycles. The van der Waals surface area contributed by atoms with E-state index in [2.05, 4.69) is 4.98 Å². The summed E-state index contributed by atoms with van der Waals surface area (Å²) in [5.74, 6) is -1.70. The standard InChI is InChI=1S/C9H9NO3.Na/c1-6(5-8(11)12)9(13)7-3-2-4-10-7;/h2-5,10H,1H3,(H,11,12);/q;+1/p-1/b6-5-;. The molecule has 0 aliphatic carbocycles. The Morgan fingerprint density at radius 2 is 2.14 bits per heavy atom. The van der Waals surface area contributed by atoms with E-state index in [0.29, 0.717) is 5.69 Å². The van der Waals surface area contributed by atoms with Crippen molar-refractivity contribution >= 4 is 11.8 Å². The van der Waals surface area contributed by atoms with Crippen LogP contribution in [0.2, 0.25) is 0 Å². The minimum atomic E-state index is -1.36. The van der Waals surface area contributed by atoms with Gasteiger partial charge in [-0.3, -0.25) is 4.79 Å². The van der Waals surface area contributed by atoms with Crippen LogP contribution in [0.1, 0.15) is 17.4 Å². The summed E-state index contributed by atoms with van der Waals surface area (Å²) in [7, 11) is 0. The monoisotopic (exact) mass is 201 g/mol. The van der Waals surface area contributed by atoms with E-state index in [0.717, 1.165) is 6.08 Å². The number of aromatic amines is 1. The predicted molar refractivity (Wildman–Crippen MR) is 43.9 cm³/mol. The van der Waals surface area contributed by atoms with Crippen molar-refractivity contribution in [1.29, 1.82) is 0 Å². The van der Waals surface area contributed by atoms with Crippen molar-refractivity contribution in [2.75, 3.05) is 0 Å². The Kier molecular flexibility index (Phi) is 5.45. The zero-order valence-corrected chi connectivity index (χ0v) is 10.0. The molecule has 14 heavy (non-hydrogen) atoms. The van der Waals surface area contributed by atoms with Crippen LogP contribution in [0.4, 0.5) is 0 Å². The molecule has 0 bridgehead atoms. The van der Waals surface area contributed by atoms with Crippen LogP contribution in [-0.4, -0.2) is 16.7 Å². The Morgan fingerprint density at radius 3 is 2.57 bits per heavy atom. The molecular weight excluding hydrogens is 193 g/mol. The summed E-state index contributed by atoms with van der Waals surface area (Å²) in [5, 5.41) is 10.1. The van der Waals surface area contributed by atoms with Gasteiger partial charge in [0, 0.05) is 11.8 Å². The van der Waals surface area contributed by atoms with Crippen molar-refractivity contribution in [2.24, 2.45) is 0 Å². The van der Waals surface area contributed by atoms with Gasteiger partial charge in [0.1, 0.15) is 0 Å².